The number of carbonyl (C=O) groups is 1. The molecule has 0 aliphatic heterocycles. The maximum absolute atomic E-state index is 13.5. The number of aliphatic carboxylic acids is 1. The highest BCUT2D eigenvalue weighted by atomic mass is 19.4. The summed E-state index contributed by atoms with van der Waals surface area (Å²) in [7, 11) is 0. The predicted octanol–water partition coefficient (Wildman–Crippen LogP) is 11.2. The molecule has 37 heteroatoms. The normalized spacial score (nSPS) is 16.3. The van der Waals surface area contributed by atoms with Crippen LogP contribution in [-0.2, 0) is 9.53 Å². The minimum Gasteiger partial charge on any atom is -0.478 e. The standard InChI is InChI=1S/C16F34O.C3H4O2/c17-1(18,5(25,26)9(33,34)13(41,42)43)3(21,22)7(29,30)11(37,38)15(47,48)51-16(49,50)12(39,40)8(31,32)4(23,24)2(19,20)6(27,28)10(35,36)14(44,45)46;1-2-3(4)5/h;2H,1H2,(H,4,5). The van der Waals surface area contributed by atoms with E-state index in [2.05, 4.69) is 6.58 Å². The number of rotatable bonds is 15. The van der Waals surface area contributed by atoms with Crippen molar-refractivity contribution in [3.8, 4) is 0 Å². The van der Waals surface area contributed by atoms with Gasteiger partial charge in [0.05, 0.1) is 0 Å². The number of halogens is 34. The molecule has 0 saturated heterocycles. The van der Waals surface area contributed by atoms with Crippen LogP contribution in [0.15, 0.2) is 12.7 Å². The molecule has 0 amide bonds. The molecule has 0 rings (SSSR count). The SMILES string of the molecule is C=CC(=O)O.FC(F)(F)C(F)(F)C(F)(F)C(F)(F)C(F)(F)C(F)(F)C(F)(F)C(F)(F)OC(F)(F)C(F)(F)C(F)(F)C(F)(F)C(F)(F)C(F)(F)C(F)(F)C(F)(F)F. The monoisotopic (exact) mass is 926 g/mol. The molecule has 0 aromatic heterocycles. The minimum absolute atomic E-state index is 0.443. The Labute approximate surface area is 279 Å². The number of ether oxygens (including phenoxy) is 1. The maximum atomic E-state index is 13.5. The van der Waals surface area contributed by atoms with Crippen molar-refractivity contribution in [1.29, 1.82) is 0 Å². The fraction of sp³-hybridized carbons (Fsp3) is 0.842. The first kappa shape index (κ1) is 54.9. The van der Waals surface area contributed by atoms with Gasteiger partial charge in [-0.15, -0.1) is 0 Å². The smallest absolute Gasteiger partial charge is 0.460 e. The largest absolute Gasteiger partial charge is 0.478 e. The van der Waals surface area contributed by atoms with Crippen LogP contribution in [-0.4, -0.2) is 107 Å². The average Bonchev–Trinajstić information content (AvgIpc) is 2.94. The quantitative estimate of drug-likeness (QED) is 0.131. The fourth-order valence-corrected chi connectivity index (χ4v) is 2.59. The number of carboxylic acids is 1. The molecule has 0 fully saturated rings. The molecule has 0 atom stereocenters. The van der Waals surface area contributed by atoms with Crippen LogP contribution in [0.3, 0.4) is 0 Å². The van der Waals surface area contributed by atoms with Crippen molar-refractivity contribution >= 4 is 5.97 Å². The van der Waals surface area contributed by atoms with Gasteiger partial charge in [0.15, 0.2) is 0 Å². The summed E-state index contributed by atoms with van der Waals surface area (Å²) in [5.41, 5.74) is 0. The van der Waals surface area contributed by atoms with E-state index < -0.39 is 102 Å². The molecule has 3 nitrogen and oxygen atoms in total. The number of hydrogen-bond acceptors (Lipinski definition) is 2. The molecule has 56 heavy (non-hydrogen) atoms. The Morgan fingerprint density at radius 1 is 0.321 bits per heavy atom. The van der Waals surface area contributed by atoms with Crippen LogP contribution < -0.4 is 0 Å². The molecule has 0 aromatic rings. The summed E-state index contributed by atoms with van der Waals surface area (Å²) in [5.74, 6) is -115. The number of carboxylic acid groups (broad SMARTS) is 1. The third kappa shape index (κ3) is 7.36. The first-order chi connectivity index (χ1) is 23.5. The van der Waals surface area contributed by atoms with Gasteiger partial charge in [-0.1, -0.05) is 6.58 Å². The Morgan fingerprint density at radius 3 is 0.571 bits per heavy atom. The Hall–Kier alpha value is -3.21. The molecule has 1 N–H and O–H groups in total. The van der Waals surface area contributed by atoms with Gasteiger partial charge in [-0.05, 0) is 0 Å². The average molecular weight is 926 g/mol. The summed E-state index contributed by atoms with van der Waals surface area (Å²) in [6.45, 7) is 2.96. The van der Waals surface area contributed by atoms with Gasteiger partial charge in [0.2, 0.25) is 0 Å². The van der Waals surface area contributed by atoms with Crippen molar-refractivity contribution in [3.63, 3.8) is 0 Å². The van der Waals surface area contributed by atoms with Crippen LogP contribution in [0.2, 0.25) is 0 Å². The van der Waals surface area contributed by atoms with E-state index in [0.29, 0.717) is 4.74 Å². The van der Waals surface area contributed by atoms with Crippen LogP contribution in [0.4, 0.5) is 149 Å². The lowest BCUT2D eigenvalue weighted by Gasteiger charge is -2.44. The Balaban J connectivity index is 0. The van der Waals surface area contributed by atoms with Crippen molar-refractivity contribution < 1.29 is 164 Å². The van der Waals surface area contributed by atoms with Gasteiger partial charge in [-0.2, -0.15) is 149 Å². The van der Waals surface area contributed by atoms with E-state index in [1.54, 1.807) is 0 Å². The Kier molecular flexibility index (Phi) is 13.7. The third-order valence-electron chi connectivity index (χ3n) is 5.82. The summed E-state index contributed by atoms with van der Waals surface area (Å²) in [4.78, 5) is 9.25. The lowest BCUT2D eigenvalue weighted by Crippen LogP contribution is -2.76. The van der Waals surface area contributed by atoms with Crippen LogP contribution in [0.1, 0.15) is 0 Å². The second kappa shape index (κ2) is 14.0. The van der Waals surface area contributed by atoms with Crippen LogP contribution in [0, 0.1) is 0 Å². The molecule has 0 saturated carbocycles. The molecule has 0 bridgehead atoms. The summed E-state index contributed by atoms with van der Waals surface area (Å²) in [6.07, 6.45) is -34.6. The first-order valence-electron chi connectivity index (χ1n) is 11.5. The molecule has 0 aromatic carbocycles. The van der Waals surface area contributed by atoms with Crippen molar-refractivity contribution in [2.75, 3.05) is 0 Å². The summed E-state index contributed by atoms with van der Waals surface area (Å²) < 4.78 is 445. The highest BCUT2D eigenvalue weighted by Crippen LogP contribution is 2.67. The molecule has 0 radical (unpaired) electrons. The molecular weight excluding hydrogens is 922 g/mol. The number of hydrogen-bond donors (Lipinski definition) is 1. The van der Waals surface area contributed by atoms with E-state index in [1.807, 2.05) is 0 Å². The van der Waals surface area contributed by atoms with Gasteiger partial charge in [0.1, 0.15) is 0 Å². The van der Waals surface area contributed by atoms with Gasteiger partial charge < -0.3 is 5.11 Å². The zero-order chi connectivity index (χ0) is 47.0. The Bertz CT molecular complexity index is 1320. The second-order valence-corrected chi connectivity index (χ2v) is 9.57. The second-order valence-electron chi connectivity index (χ2n) is 9.57. The van der Waals surface area contributed by atoms with Crippen LogP contribution in [0.5, 0.6) is 0 Å². The van der Waals surface area contributed by atoms with Gasteiger partial charge in [0, 0.05) is 6.08 Å². The van der Waals surface area contributed by atoms with Crippen molar-refractivity contribution in [2.45, 2.75) is 95.6 Å². The van der Waals surface area contributed by atoms with Gasteiger partial charge >= 0.3 is 102 Å². The molecule has 0 aliphatic rings. The van der Waals surface area contributed by atoms with Crippen molar-refractivity contribution in [3.05, 3.63) is 12.7 Å². The highest BCUT2D eigenvalue weighted by Gasteiger charge is 2.98. The zero-order valence-corrected chi connectivity index (χ0v) is 23.9. The van der Waals surface area contributed by atoms with Gasteiger partial charge in [0.25, 0.3) is 0 Å². The van der Waals surface area contributed by atoms with E-state index in [-0.39, 0.29) is 0 Å². The lowest BCUT2D eigenvalue weighted by atomic mass is 9.90. The molecule has 0 unspecified atom stereocenters. The van der Waals surface area contributed by atoms with E-state index in [1.165, 1.54) is 0 Å². The molecule has 0 heterocycles. The van der Waals surface area contributed by atoms with Gasteiger partial charge in [-0.25, -0.2) is 9.53 Å². The van der Waals surface area contributed by atoms with Crippen LogP contribution >= 0.6 is 0 Å². The summed E-state index contributed by atoms with van der Waals surface area (Å²) in [5, 5.41) is 7.60. The fourth-order valence-electron chi connectivity index (χ4n) is 2.59. The predicted molar refractivity (Wildman–Crippen MR) is 100 cm³/mol. The van der Waals surface area contributed by atoms with Crippen molar-refractivity contribution in [2.24, 2.45) is 0 Å². The highest BCUT2D eigenvalue weighted by molar-refractivity contribution is 5.78. The van der Waals surface area contributed by atoms with Gasteiger partial charge in [-0.3, -0.25) is 0 Å². The Morgan fingerprint density at radius 2 is 0.446 bits per heavy atom. The summed E-state index contributed by atoms with van der Waals surface area (Å²) >= 11 is 0. The maximum Gasteiger partial charge on any atom is 0.460 e. The third-order valence-corrected chi connectivity index (χ3v) is 5.82. The zero-order valence-electron chi connectivity index (χ0n) is 23.9. The van der Waals surface area contributed by atoms with E-state index >= 15 is 0 Å². The first-order valence-corrected chi connectivity index (χ1v) is 11.5. The van der Waals surface area contributed by atoms with Crippen molar-refractivity contribution in [1.82, 2.24) is 0 Å². The molecule has 336 valence electrons. The molecule has 0 spiro atoms. The van der Waals surface area contributed by atoms with E-state index in [9.17, 15) is 154 Å². The summed E-state index contributed by atoms with van der Waals surface area (Å²) in [6, 6.07) is 0. The van der Waals surface area contributed by atoms with E-state index in [0.717, 1.165) is 6.08 Å². The minimum atomic E-state index is -9.77. The topological polar surface area (TPSA) is 46.5 Å². The number of alkyl halides is 34. The van der Waals surface area contributed by atoms with Crippen LogP contribution in [0.25, 0.3) is 0 Å². The lowest BCUT2D eigenvalue weighted by molar-refractivity contribution is -0.530. The molecular formula is C19H4F34O3. The van der Waals surface area contributed by atoms with E-state index in [4.69, 9.17) is 5.11 Å². The molecule has 0 aliphatic carbocycles.